The van der Waals surface area contributed by atoms with Crippen molar-refractivity contribution < 1.29 is 14.3 Å². The Hall–Kier alpha value is -1.17. The number of halogens is 2. The zero-order valence-corrected chi connectivity index (χ0v) is 12.9. The van der Waals surface area contributed by atoms with Gasteiger partial charge in [-0.2, -0.15) is 0 Å². The molecular weight excluding hydrogens is 315 g/mol. The monoisotopic (exact) mass is 330 g/mol. The van der Waals surface area contributed by atoms with Gasteiger partial charge >= 0.3 is 6.09 Å². The summed E-state index contributed by atoms with van der Waals surface area (Å²) in [6.45, 7) is 3.50. The Labute approximate surface area is 133 Å². The number of alkyl halides is 1. The maximum atomic E-state index is 11.8. The molecular formula is C14H16Cl2N2O3. The lowest BCUT2D eigenvalue weighted by atomic mass is 10.2. The van der Waals surface area contributed by atoms with E-state index >= 15 is 0 Å². The van der Waals surface area contributed by atoms with Crippen molar-refractivity contribution in [3.8, 4) is 0 Å². The second-order valence-corrected chi connectivity index (χ2v) is 5.72. The van der Waals surface area contributed by atoms with Gasteiger partial charge in [-0.1, -0.05) is 11.6 Å². The summed E-state index contributed by atoms with van der Waals surface area (Å²) in [6.07, 6.45) is -0.646. The highest BCUT2D eigenvalue weighted by molar-refractivity contribution is 6.33. The highest BCUT2D eigenvalue weighted by atomic mass is 35.5. The topological polar surface area (TPSA) is 42.0 Å². The van der Waals surface area contributed by atoms with Crippen LogP contribution in [0.4, 0.5) is 16.2 Å². The number of amides is 1. The van der Waals surface area contributed by atoms with E-state index in [1.54, 1.807) is 11.0 Å². The van der Waals surface area contributed by atoms with Crippen LogP contribution in [0.1, 0.15) is 0 Å². The third kappa shape index (κ3) is 3.05. The van der Waals surface area contributed by atoms with Crippen molar-refractivity contribution in [1.82, 2.24) is 0 Å². The van der Waals surface area contributed by atoms with Gasteiger partial charge in [0.05, 0.1) is 36.3 Å². The van der Waals surface area contributed by atoms with E-state index in [0.717, 1.165) is 24.5 Å². The van der Waals surface area contributed by atoms with Gasteiger partial charge in [-0.25, -0.2) is 4.79 Å². The van der Waals surface area contributed by atoms with E-state index in [-0.39, 0.29) is 12.2 Å². The first-order valence-corrected chi connectivity index (χ1v) is 7.76. The first-order chi connectivity index (χ1) is 10.2. The normalized spacial score (nSPS) is 22.6. The SMILES string of the molecule is O=C1OC(CCl)CN1c1ccc(N2CCOCC2)c(Cl)c1. The summed E-state index contributed by atoms with van der Waals surface area (Å²) in [5, 5.41) is 0.622. The smallest absolute Gasteiger partial charge is 0.414 e. The molecule has 0 aromatic heterocycles. The summed E-state index contributed by atoms with van der Waals surface area (Å²) < 4.78 is 10.5. The number of ether oxygens (including phenoxy) is 2. The third-order valence-corrected chi connectivity index (χ3v) is 4.29. The summed E-state index contributed by atoms with van der Waals surface area (Å²) in [7, 11) is 0. The quantitative estimate of drug-likeness (QED) is 0.799. The van der Waals surface area contributed by atoms with Crippen LogP contribution in [0.15, 0.2) is 18.2 Å². The van der Waals surface area contributed by atoms with Gasteiger partial charge in [0.1, 0.15) is 6.10 Å². The number of carbonyl (C=O) groups excluding carboxylic acids is 1. The van der Waals surface area contributed by atoms with Crippen molar-refractivity contribution in [2.24, 2.45) is 0 Å². The van der Waals surface area contributed by atoms with E-state index in [0.29, 0.717) is 30.7 Å². The summed E-state index contributed by atoms with van der Waals surface area (Å²) in [4.78, 5) is 15.6. The standard InChI is InChI=1S/C14H16Cl2N2O3/c15-8-11-9-18(14(19)21-11)10-1-2-13(12(16)7-10)17-3-5-20-6-4-17/h1-2,7,11H,3-6,8-9H2. The van der Waals surface area contributed by atoms with E-state index in [2.05, 4.69) is 4.90 Å². The number of anilines is 2. The number of rotatable bonds is 3. The van der Waals surface area contributed by atoms with Gasteiger partial charge < -0.3 is 14.4 Å². The fraction of sp³-hybridized carbons (Fsp3) is 0.500. The zero-order valence-electron chi connectivity index (χ0n) is 11.4. The lowest BCUT2D eigenvalue weighted by molar-refractivity contribution is 0.122. The molecule has 5 nitrogen and oxygen atoms in total. The Morgan fingerprint density at radius 3 is 2.67 bits per heavy atom. The van der Waals surface area contributed by atoms with E-state index < -0.39 is 0 Å². The number of hydrogen-bond acceptors (Lipinski definition) is 4. The summed E-state index contributed by atoms with van der Waals surface area (Å²) >= 11 is 12.1. The first-order valence-electron chi connectivity index (χ1n) is 6.85. The minimum absolute atomic E-state index is 0.267. The fourth-order valence-corrected chi connectivity index (χ4v) is 2.99. The molecule has 114 valence electrons. The second kappa shape index (κ2) is 6.30. The number of cyclic esters (lactones) is 1. The second-order valence-electron chi connectivity index (χ2n) is 5.01. The summed E-state index contributed by atoms with van der Waals surface area (Å²) in [5.74, 6) is 0.293. The zero-order chi connectivity index (χ0) is 14.8. The van der Waals surface area contributed by atoms with Crippen LogP contribution in [0.5, 0.6) is 0 Å². The van der Waals surface area contributed by atoms with E-state index in [9.17, 15) is 4.79 Å². The Morgan fingerprint density at radius 1 is 1.29 bits per heavy atom. The van der Waals surface area contributed by atoms with Crippen LogP contribution in [-0.2, 0) is 9.47 Å². The average Bonchev–Trinajstić information content (AvgIpc) is 2.89. The van der Waals surface area contributed by atoms with Gasteiger partial charge in [0.15, 0.2) is 0 Å². The van der Waals surface area contributed by atoms with Crippen molar-refractivity contribution in [3.63, 3.8) is 0 Å². The molecule has 2 fully saturated rings. The lowest BCUT2D eigenvalue weighted by Crippen LogP contribution is -2.36. The van der Waals surface area contributed by atoms with Crippen LogP contribution in [0.2, 0.25) is 5.02 Å². The number of nitrogens with zero attached hydrogens (tertiary/aromatic N) is 2. The molecule has 0 bridgehead atoms. The van der Waals surface area contributed by atoms with Crippen molar-refractivity contribution in [1.29, 1.82) is 0 Å². The predicted octanol–water partition coefficient (Wildman–Crippen LogP) is 2.74. The summed E-state index contributed by atoms with van der Waals surface area (Å²) in [5.41, 5.74) is 1.69. The maximum Gasteiger partial charge on any atom is 0.414 e. The van der Waals surface area contributed by atoms with E-state index in [1.165, 1.54) is 0 Å². The number of morpholine rings is 1. The minimum atomic E-state index is -0.379. The Kier molecular flexibility index (Phi) is 4.42. The largest absolute Gasteiger partial charge is 0.443 e. The average molecular weight is 331 g/mol. The molecule has 2 saturated heterocycles. The van der Waals surface area contributed by atoms with Crippen LogP contribution < -0.4 is 9.80 Å². The summed E-state index contributed by atoms with van der Waals surface area (Å²) in [6, 6.07) is 5.61. The molecule has 3 rings (SSSR count). The molecule has 0 aliphatic carbocycles. The fourth-order valence-electron chi connectivity index (χ4n) is 2.54. The molecule has 7 heteroatoms. The van der Waals surface area contributed by atoms with Crippen molar-refractivity contribution >= 4 is 40.7 Å². The highest BCUT2D eigenvalue weighted by Crippen LogP contribution is 2.32. The molecule has 0 radical (unpaired) electrons. The van der Waals surface area contributed by atoms with Gasteiger partial charge in [0, 0.05) is 18.8 Å². The van der Waals surface area contributed by atoms with Crippen molar-refractivity contribution in [2.45, 2.75) is 6.10 Å². The predicted molar refractivity (Wildman–Crippen MR) is 82.8 cm³/mol. The number of carbonyl (C=O) groups is 1. The van der Waals surface area contributed by atoms with Gasteiger partial charge in [-0.15, -0.1) is 11.6 Å². The Bertz CT molecular complexity index is 535. The highest BCUT2D eigenvalue weighted by Gasteiger charge is 2.32. The number of hydrogen-bond donors (Lipinski definition) is 0. The lowest BCUT2D eigenvalue weighted by Gasteiger charge is -2.30. The van der Waals surface area contributed by atoms with Crippen LogP contribution in [0.25, 0.3) is 0 Å². The number of benzene rings is 1. The van der Waals surface area contributed by atoms with Crippen molar-refractivity contribution in [2.75, 3.05) is 48.5 Å². The molecule has 1 atom stereocenters. The Balaban J connectivity index is 1.79. The molecule has 0 spiro atoms. The van der Waals surface area contributed by atoms with Crippen LogP contribution in [-0.4, -0.2) is 50.9 Å². The van der Waals surface area contributed by atoms with E-state index in [1.807, 2.05) is 12.1 Å². The Morgan fingerprint density at radius 2 is 2.05 bits per heavy atom. The van der Waals surface area contributed by atoms with Gasteiger partial charge in [-0.3, -0.25) is 4.90 Å². The maximum absolute atomic E-state index is 11.8. The molecule has 0 N–H and O–H groups in total. The van der Waals surface area contributed by atoms with E-state index in [4.69, 9.17) is 32.7 Å². The molecule has 2 aliphatic heterocycles. The minimum Gasteiger partial charge on any atom is -0.443 e. The molecule has 1 unspecified atom stereocenters. The van der Waals surface area contributed by atoms with Crippen molar-refractivity contribution in [3.05, 3.63) is 23.2 Å². The molecule has 1 amide bonds. The molecule has 2 aliphatic rings. The first kappa shape index (κ1) is 14.8. The molecule has 21 heavy (non-hydrogen) atoms. The molecule has 1 aromatic rings. The van der Waals surface area contributed by atoms with Crippen LogP contribution in [0, 0.1) is 0 Å². The van der Waals surface area contributed by atoms with Gasteiger partial charge in [0.25, 0.3) is 0 Å². The third-order valence-electron chi connectivity index (χ3n) is 3.64. The molecule has 0 saturated carbocycles. The molecule has 1 aromatic carbocycles. The van der Waals surface area contributed by atoms with Gasteiger partial charge in [-0.05, 0) is 18.2 Å². The molecule has 2 heterocycles. The van der Waals surface area contributed by atoms with Gasteiger partial charge in [0.2, 0.25) is 0 Å². The van der Waals surface area contributed by atoms with Crippen LogP contribution >= 0.6 is 23.2 Å². The van der Waals surface area contributed by atoms with Crippen LogP contribution in [0.3, 0.4) is 0 Å².